The van der Waals surface area contributed by atoms with E-state index in [1.165, 1.54) is 35.0 Å². The number of likely N-dealkylation sites (tertiary alicyclic amines) is 1. The van der Waals surface area contributed by atoms with Crippen LogP contribution in [0.5, 0.6) is 0 Å². The van der Waals surface area contributed by atoms with E-state index in [9.17, 15) is 18.4 Å². The smallest absolute Gasteiger partial charge is 0.253 e. The van der Waals surface area contributed by atoms with E-state index in [1.54, 1.807) is 7.05 Å². The van der Waals surface area contributed by atoms with Crippen LogP contribution in [0, 0.1) is 11.6 Å². The fourth-order valence-electron chi connectivity index (χ4n) is 3.26. The lowest BCUT2D eigenvalue weighted by atomic mass is 9.99. The number of rotatable bonds is 3. The first-order valence-electron chi connectivity index (χ1n) is 7.99. The third-order valence-electron chi connectivity index (χ3n) is 4.60. The fraction of sp³-hybridized carbons (Fsp3) is 0.333. The van der Waals surface area contributed by atoms with Gasteiger partial charge in [-0.2, -0.15) is 0 Å². The maximum Gasteiger partial charge on any atom is 0.253 e. The Morgan fingerprint density at radius 3 is 2.60 bits per heavy atom. The summed E-state index contributed by atoms with van der Waals surface area (Å²) in [5.74, 6) is -2.10. The van der Waals surface area contributed by atoms with Crippen LogP contribution in [0.25, 0.3) is 0 Å². The lowest BCUT2D eigenvalue weighted by Crippen LogP contribution is -2.39. The van der Waals surface area contributed by atoms with Crippen LogP contribution < -0.4 is 10.9 Å². The van der Waals surface area contributed by atoms with E-state index in [0.29, 0.717) is 17.5 Å². The second-order valence-corrected chi connectivity index (χ2v) is 6.33. The Morgan fingerprint density at radius 2 is 1.92 bits per heavy atom. The Morgan fingerprint density at radius 1 is 1.16 bits per heavy atom. The van der Waals surface area contributed by atoms with Crippen LogP contribution in [0.15, 0.2) is 41.3 Å². The zero-order valence-corrected chi connectivity index (χ0v) is 14.0. The van der Waals surface area contributed by atoms with E-state index < -0.39 is 11.6 Å². The van der Waals surface area contributed by atoms with E-state index in [-0.39, 0.29) is 23.6 Å². The van der Waals surface area contributed by atoms with Crippen molar-refractivity contribution in [2.24, 2.45) is 7.05 Å². The van der Waals surface area contributed by atoms with Crippen LogP contribution in [0.3, 0.4) is 0 Å². The SMILES string of the molecule is CN1CC[C@H](NC(=O)c2ccc(=O)n(C)c2)[C@H]1c1ccc(F)c(F)c1. The molecule has 0 saturated carbocycles. The molecule has 1 amide bonds. The number of hydrogen-bond donors (Lipinski definition) is 1. The van der Waals surface area contributed by atoms with Gasteiger partial charge in [0.2, 0.25) is 5.56 Å². The first-order chi connectivity index (χ1) is 11.9. The van der Waals surface area contributed by atoms with Crippen molar-refractivity contribution in [3.05, 3.63) is 69.6 Å². The molecule has 132 valence electrons. The molecular weight excluding hydrogens is 328 g/mol. The topological polar surface area (TPSA) is 54.3 Å². The summed E-state index contributed by atoms with van der Waals surface area (Å²) in [6.45, 7) is 0.724. The molecule has 0 radical (unpaired) electrons. The number of carbonyl (C=O) groups excluding carboxylic acids is 1. The number of likely N-dealkylation sites (N-methyl/N-ethyl adjacent to an activating group) is 1. The standard InChI is InChI=1S/C18H19F2N3O2/c1-22-8-7-15(17(22)11-3-5-13(19)14(20)9-11)21-18(25)12-4-6-16(24)23(2)10-12/h3-6,9-10,15,17H,7-8H2,1-2H3,(H,21,25)/t15-,17+/m0/s1. The molecule has 1 aliphatic rings. The lowest BCUT2D eigenvalue weighted by molar-refractivity contribution is 0.0927. The number of halogens is 2. The largest absolute Gasteiger partial charge is 0.347 e. The van der Waals surface area contributed by atoms with Crippen molar-refractivity contribution < 1.29 is 13.6 Å². The van der Waals surface area contributed by atoms with Gasteiger partial charge in [-0.05, 0) is 37.2 Å². The molecule has 2 heterocycles. The van der Waals surface area contributed by atoms with Crippen molar-refractivity contribution in [1.29, 1.82) is 0 Å². The van der Waals surface area contributed by atoms with Gasteiger partial charge >= 0.3 is 0 Å². The molecule has 0 aliphatic carbocycles. The minimum Gasteiger partial charge on any atom is -0.347 e. The average Bonchev–Trinajstić information content (AvgIpc) is 2.93. The Hall–Kier alpha value is -2.54. The number of amides is 1. The Bertz CT molecular complexity index is 866. The molecular formula is C18H19F2N3O2. The van der Waals surface area contributed by atoms with Gasteiger partial charge in [-0.1, -0.05) is 6.07 Å². The second-order valence-electron chi connectivity index (χ2n) is 6.33. The van der Waals surface area contributed by atoms with Crippen molar-refractivity contribution in [2.75, 3.05) is 13.6 Å². The van der Waals surface area contributed by atoms with E-state index in [0.717, 1.165) is 12.6 Å². The first-order valence-corrected chi connectivity index (χ1v) is 7.99. The molecule has 25 heavy (non-hydrogen) atoms. The zero-order chi connectivity index (χ0) is 18.1. The third-order valence-corrected chi connectivity index (χ3v) is 4.60. The summed E-state index contributed by atoms with van der Waals surface area (Å²) < 4.78 is 28.1. The highest BCUT2D eigenvalue weighted by atomic mass is 19.2. The Labute approximate surface area is 143 Å². The highest BCUT2D eigenvalue weighted by Crippen LogP contribution is 2.31. The van der Waals surface area contributed by atoms with Crippen LogP contribution >= 0.6 is 0 Å². The van der Waals surface area contributed by atoms with Crippen molar-refractivity contribution in [1.82, 2.24) is 14.8 Å². The molecule has 1 aromatic heterocycles. The Kier molecular flexibility index (Phi) is 4.67. The van der Waals surface area contributed by atoms with Gasteiger partial charge < -0.3 is 9.88 Å². The van der Waals surface area contributed by atoms with Crippen LogP contribution in [-0.2, 0) is 7.05 Å². The summed E-state index contributed by atoms with van der Waals surface area (Å²) in [4.78, 5) is 25.9. The molecule has 1 saturated heterocycles. The van der Waals surface area contributed by atoms with Gasteiger partial charge in [0.25, 0.3) is 5.91 Å². The third kappa shape index (κ3) is 3.46. The fourth-order valence-corrected chi connectivity index (χ4v) is 3.26. The molecule has 2 aromatic rings. The summed E-state index contributed by atoms with van der Waals surface area (Å²) in [7, 11) is 3.46. The maximum absolute atomic E-state index is 13.6. The van der Waals surface area contributed by atoms with Gasteiger partial charge in [0.15, 0.2) is 11.6 Å². The zero-order valence-electron chi connectivity index (χ0n) is 14.0. The summed E-state index contributed by atoms with van der Waals surface area (Å²) in [5.41, 5.74) is 0.794. The summed E-state index contributed by atoms with van der Waals surface area (Å²) in [6, 6.07) is 6.14. The van der Waals surface area contributed by atoms with E-state index in [1.807, 2.05) is 11.9 Å². The maximum atomic E-state index is 13.6. The van der Waals surface area contributed by atoms with Crippen molar-refractivity contribution in [3.8, 4) is 0 Å². The number of pyridine rings is 1. The van der Waals surface area contributed by atoms with Crippen molar-refractivity contribution >= 4 is 5.91 Å². The van der Waals surface area contributed by atoms with Gasteiger partial charge in [0, 0.05) is 25.9 Å². The molecule has 3 rings (SSSR count). The number of hydrogen-bond acceptors (Lipinski definition) is 3. The average molecular weight is 347 g/mol. The minimum absolute atomic E-state index is 0.197. The number of nitrogens with one attached hydrogen (secondary N) is 1. The highest BCUT2D eigenvalue weighted by Gasteiger charge is 2.34. The minimum atomic E-state index is -0.902. The van der Waals surface area contributed by atoms with E-state index in [4.69, 9.17) is 0 Å². The van der Waals surface area contributed by atoms with Gasteiger partial charge in [-0.3, -0.25) is 14.5 Å². The van der Waals surface area contributed by atoms with E-state index in [2.05, 4.69) is 5.32 Å². The van der Waals surface area contributed by atoms with Crippen LogP contribution in [0.4, 0.5) is 8.78 Å². The lowest BCUT2D eigenvalue weighted by Gasteiger charge is -2.26. The quantitative estimate of drug-likeness (QED) is 0.922. The monoisotopic (exact) mass is 347 g/mol. The number of nitrogens with zero attached hydrogens (tertiary/aromatic N) is 2. The summed E-state index contributed by atoms with van der Waals surface area (Å²) in [5, 5.41) is 2.94. The number of carbonyl (C=O) groups is 1. The van der Waals surface area contributed by atoms with Gasteiger partial charge in [0.1, 0.15) is 0 Å². The predicted octanol–water partition coefficient (Wildman–Crippen LogP) is 1.84. The molecule has 0 bridgehead atoms. The number of aryl methyl sites for hydroxylation is 1. The Balaban J connectivity index is 1.82. The second kappa shape index (κ2) is 6.76. The van der Waals surface area contributed by atoms with E-state index >= 15 is 0 Å². The molecule has 1 N–H and O–H groups in total. The van der Waals surface area contributed by atoms with Crippen molar-refractivity contribution in [2.45, 2.75) is 18.5 Å². The van der Waals surface area contributed by atoms with Crippen molar-refractivity contribution in [3.63, 3.8) is 0 Å². The first kappa shape index (κ1) is 17.3. The molecule has 2 atom stereocenters. The van der Waals surface area contributed by atoms with Gasteiger partial charge in [0.05, 0.1) is 17.6 Å². The number of aromatic nitrogens is 1. The van der Waals surface area contributed by atoms with Crippen LogP contribution in [-0.4, -0.2) is 35.0 Å². The molecule has 7 heteroatoms. The molecule has 1 aromatic carbocycles. The predicted molar refractivity (Wildman–Crippen MR) is 89.3 cm³/mol. The highest BCUT2D eigenvalue weighted by molar-refractivity contribution is 5.94. The van der Waals surface area contributed by atoms with Crippen LogP contribution in [0.2, 0.25) is 0 Å². The van der Waals surface area contributed by atoms with Gasteiger partial charge in [-0.25, -0.2) is 8.78 Å². The normalized spacial score (nSPS) is 20.6. The van der Waals surface area contributed by atoms with Crippen LogP contribution in [0.1, 0.15) is 28.4 Å². The summed E-state index contributed by atoms with van der Waals surface area (Å²) in [6.07, 6.45) is 2.17. The number of benzene rings is 1. The molecule has 1 aliphatic heterocycles. The molecule has 0 unspecified atom stereocenters. The molecule has 5 nitrogen and oxygen atoms in total. The molecule has 0 spiro atoms. The molecule has 1 fully saturated rings. The summed E-state index contributed by atoms with van der Waals surface area (Å²) >= 11 is 0. The van der Waals surface area contributed by atoms with Gasteiger partial charge in [-0.15, -0.1) is 0 Å².